The predicted octanol–water partition coefficient (Wildman–Crippen LogP) is 8.55. The number of rotatable bonds is 14. The SMILES string of the molecule is COc1cc(-c2cncc(CN3CCC(N(Cc4ccnc(-c5cc(OC)c(OC)c(OC)c5)c4)c4ccc(C(F)(F)F)cc4)CC3)c2)cc(OC)c1OC. The summed E-state index contributed by atoms with van der Waals surface area (Å²) in [5, 5.41) is 0. The van der Waals surface area contributed by atoms with Crippen LogP contribution in [0.4, 0.5) is 18.9 Å². The van der Waals surface area contributed by atoms with E-state index in [1.165, 1.54) is 0 Å². The third-order valence-corrected chi connectivity index (χ3v) is 9.86. The van der Waals surface area contributed by atoms with Crippen LogP contribution >= 0.6 is 0 Å². The van der Waals surface area contributed by atoms with Gasteiger partial charge in [0.2, 0.25) is 11.5 Å². The highest BCUT2D eigenvalue weighted by Gasteiger charge is 2.31. The van der Waals surface area contributed by atoms with Gasteiger partial charge in [-0.05, 0) is 96.3 Å². The number of pyridine rings is 2. The van der Waals surface area contributed by atoms with Gasteiger partial charge >= 0.3 is 6.18 Å². The average molecular weight is 759 g/mol. The lowest BCUT2D eigenvalue weighted by molar-refractivity contribution is -0.137. The summed E-state index contributed by atoms with van der Waals surface area (Å²) in [6, 6.07) is 19.0. The van der Waals surface area contributed by atoms with Crippen LogP contribution < -0.4 is 33.3 Å². The van der Waals surface area contributed by atoms with Crippen molar-refractivity contribution in [2.75, 3.05) is 60.6 Å². The largest absolute Gasteiger partial charge is 0.493 e. The first-order valence-electron chi connectivity index (χ1n) is 17.7. The highest BCUT2D eigenvalue weighted by molar-refractivity contribution is 5.71. The van der Waals surface area contributed by atoms with Crippen molar-refractivity contribution in [3.05, 3.63) is 102 Å². The van der Waals surface area contributed by atoms with Gasteiger partial charge in [0, 0.05) is 67.6 Å². The number of halogens is 3. The summed E-state index contributed by atoms with van der Waals surface area (Å²) in [7, 11) is 9.42. The van der Waals surface area contributed by atoms with E-state index in [1.807, 2.05) is 48.8 Å². The van der Waals surface area contributed by atoms with Crippen molar-refractivity contribution in [1.82, 2.24) is 14.9 Å². The van der Waals surface area contributed by atoms with E-state index in [4.69, 9.17) is 28.4 Å². The molecule has 13 heteroatoms. The van der Waals surface area contributed by atoms with Gasteiger partial charge in [0.1, 0.15) is 0 Å². The topological polar surface area (TPSA) is 87.6 Å². The van der Waals surface area contributed by atoms with Gasteiger partial charge in [-0.25, -0.2) is 0 Å². The van der Waals surface area contributed by atoms with Gasteiger partial charge in [0.15, 0.2) is 23.0 Å². The number of likely N-dealkylation sites (tertiary alicyclic amines) is 1. The highest BCUT2D eigenvalue weighted by atomic mass is 19.4. The van der Waals surface area contributed by atoms with E-state index in [2.05, 4.69) is 25.8 Å². The zero-order chi connectivity index (χ0) is 39.1. The fraction of sp³-hybridized carbons (Fsp3) is 0.333. The molecule has 0 N–H and O–H groups in total. The van der Waals surface area contributed by atoms with Gasteiger partial charge in [0.25, 0.3) is 0 Å². The van der Waals surface area contributed by atoms with E-state index in [1.54, 1.807) is 61.0 Å². The molecule has 2 aromatic heterocycles. The smallest absolute Gasteiger partial charge is 0.416 e. The average Bonchev–Trinajstić information content (AvgIpc) is 3.21. The fourth-order valence-corrected chi connectivity index (χ4v) is 7.06. The van der Waals surface area contributed by atoms with Crippen molar-refractivity contribution < 1.29 is 41.6 Å². The first-order valence-corrected chi connectivity index (χ1v) is 17.7. The number of anilines is 1. The van der Waals surface area contributed by atoms with Crippen LogP contribution in [0.3, 0.4) is 0 Å². The second kappa shape index (κ2) is 17.2. The Hall–Kier alpha value is -5.69. The summed E-state index contributed by atoms with van der Waals surface area (Å²) in [5.41, 5.74) is 5.33. The second-order valence-electron chi connectivity index (χ2n) is 13.1. The molecule has 5 aromatic rings. The van der Waals surface area contributed by atoms with Crippen molar-refractivity contribution in [2.24, 2.45) is 0 Å². The molecule has 10 nitrogen and oxygen atoms in total. The zero-order valence-electron chi connectivity index (χ0n) is 31.8. The van der Waals surface area contributed by atoms with Gasteiger partial charge < -0.3 is 33.3 Å². The molecule has 1 aliphatic heterocycles. The molecule has 0 radical (unpaired) electrons. The Bertz CT molecular complexity index is 2020. The van der Waals surface area contributed by atoms with E-state index >= 15 is 0 Å². The molecule has 1 saturated heterocycles. The molecule has 290 valence electrons. The van der Waals surface area contributed by atoms with Crippen molar-refractivity contribution in [3.63, 3.8) is 0 Å². The number of nitrogens with zero attached hydrogens (tertiary/aromatic N) is 4. The van der Waals surface area contributed by atoms with Crippen LogP contribution in [0, 0.1) is 0 Å². The third-order valence-electron chi connectivity index (χ3n) is 9.86. The van der Waals surface area contributed by atoms with Gasteiger partial charge in [-0.3, -0.25) is 14.9 Å². The van der Waals surface area contributed by atoms with Crippen LogP contribution in [0.5, 0.6) is 34.5 Å². The van der Waals surface area contributed by atoms with Crippen molar-refractivity contribution in [3.8, 4) is 56.9 Å². The predicted molar refractivity (Wildman–Crippen MR) is 205 cm³/mol. The molecule has 1 aliphatic rings. The number of hydrogen-bond donors (Lipinski definition) is 0. The highest BCUT2D eigenvalue weighted by Crippen LogP contribution is 2.42. The molecule has 0 aliphatic carbocycles. The Morgan fingerprint density at radius 2 is 1.22 bits per heavy atom. The van der Waals surface area contributed by atoms with Gasteiger partial charge in [-0.2, -0.15) is 13.2 Å². The molecule has 1 fully saturated rings. The van der Waals surface area contributed by atoms with Gasteiger partial charge in [-0.15, -0.1) is 0 Å². The molecular weight excluding hydrogens is 713 g/mol. The Morgan fingerprint density at radius 3 is 1.75 bits per heavy atom. The van der Waals surface area contributed by atoms with E-state index in [0.717, 1.165) is 71.6 Å². The summed E-state index contributed by atoms with van der Waals surface area (Å²) in [6.07, 6.45) is 2.62. The molecule has 3 aromatic carbocycles. The second-order valence-corrected chi connectivity index (χ2v) is 13.1. The molecule has 0 bridgehead atoms. The number of piperidine rings is 1. The molecule has 6 rings (SSSR count). The van der Waals surface area contributed by atoms with E-state index < -0.39 is 11.7 Å². The number of hydrogen-bond acceptors (Lipinski definition) is 10. The summed E-state index contributed by atoms with van der Waals surface area (Å²) >= 11 is 0. The normalized spacial score (nSPS) is 13.6. The maximum absolute atomic E-state index is 13.6. The quantitative estimate of drug-likeness (QED) is 0.110. The van der Waals surface area contributed by atoms with Crippen molar-refractivity contribution in [1.29, 1.82) is 0 Å². The monoisotopic (exact) mass is 758 g/mol. The lowest BCUT2D eigenvalue weighted by Crippen LogP contribution is -2.44. The summed E-state index contributed by atoms with van der Waals surface area (Å²) in [4.78, 5) is 13.7. The maximum Gasteiger partial charge on any atom is 0.416 e. The minimum absolute atomic E-state index is 0.0782. The van der Waals surface area contributed by atoms with Crippen LogP contribution in [0.1, 0.15) is 29.5 Å². The Balaban J connectivity index is 1.22. The summed E-state index contributed by atoms with van der Waals surface area (Å²) in [5.74, 6) is 3.13. The van der Waals surface area contributed by atoms with E-state index in [-0.39, 0.29) is 6.04 Å². The minimum atomic E-state index is -4.42. The van der Waals surface area contributed by atoms with Crippen LogP contribution in [0.25, 0.3) is 22.4 Å². The number of methoxy groups -OCH3 is 6. The molecule has 3 heterocycles. The van der Waals surface area contributed by atoms with Crippen molar-refractivity contribution >= 4 is 5.69 Å². The van der Waals surface area contributed by atoms with Crippen LogP contribution in [-0.4, -0.2) is 76.7 Å². The zero-order valence-corrected chi connectivity index (χ0v) is 31.8. The molecule has 55 heavy (non-hydrogen) atoms. The third kappa shape index (κ3) is 8.83. The molecule has 0 amide bonds. The van der Waals surface area contributed by atoms with Gasteiger partial charge in [0.05, 0.1) is 53.9 Å². The fourth-order valence-electron chi connectivity index (χ4n) is 7.06. The lowest BCUT2D eigenvalue weighted by Gasteiger charge is -2.40. The molecule has 0 atom stereocenters. The number of aromatic nitrogens is 2. The first-order chi connectivity index (χ1) is 26.6. The number of ether oxygens (including phenoxy) is 6. The molecular formula is C42H45F3N4O6. The first kappa shape index (κ1) is 39.0. The van der Waals surface area contributed by atoms with Gasteiger partial charge in [-0.1, -0.05) is 0 Å². The van der Waals surface area contributed by atoms with Crippen LogP contribution in [-0.2, 0) is 19.3 Å². The lowest BCUT2D eigenvalue weighted by atomic mass is 9.99. The molecule has 0 saturated carbocycles. The summed E-state index contributed by atoms with van der Waals surface area (Å²) in [6.45, 7) is 2.75. The Labute approximate surface area is 319 Å². The number of benzene rings is 3. The van der Waals surface area contributed by atoms with Crippen LogP contribution in [0.15, 0.2) is 85.3 Å². The standard InChI is InChI=1S/C42H45F3N4O6/c1-50-36-19-29(20-37(51-2)40(36)54-5)31-17-28(23-46-24-31)25-48-15-12-34(13-16-48)49(33-9-7-32(8-10-33)42(43,44)45)26-27-11-14-47-35(18-27)30-21-38(52-3)41(55-6)39(22-30)53-4/h7-11,14,17-24,34H,12-13,15-16,25-26H2,1-6H3. The van der Waals surface area contributed by atoms with E-state index in [0.29, 0.717) is 53.3 Å². The van der Waals surface area contributed by atoms with Crippen LogP contribution in [0.2, 0.25) is 0 Å². The van der Waals surface area contributed by atoms with E-state index in [9.17, 15) is 13.2 Å². The Kier molecular flexibility index (Phi) is 12.2. The molecule has 0 unspecified atom stereocenters. The summed E-state index contributed by atoms with van der Waals surface area (Å²) < 4.78 is 73.9. The Morgan fingerprint density at radius 1 is 0.655 bits per heavy atom. The maximum atomic E-state index is 13.6. The number of alkyl halides is 3. The molecule has 0 spiro atoms. The minimum Gasteiger partial charge on any atom is -0.493 e. The van der Waals surface area contributed by atoms with Crippen molar-refractivity contribution in [2.45, 2.75) is 38.1 Å².